The minimum absolute atomic E-state index is 0.225. The average molecular weight is 454 g/mol. The Morgan fingerprint density at radius 1 is 1.00 bits per heavy atom. The molecule has 1 saturated heterocycles. The highest BCUT2D eigenvalue weighted by Gasteiger charge is 2.19. The van der Waals surface area contributed by atoms with E-state index in [0.717, 1.165) is 70.0 Å². The molecule has 0 aliphatic carbocycles. The number of likely N-dealkylation sites (N-methyl/N-ethyl adjacent to an activating group) is 1. The van der Waals surface area contributed by atoms with Crippen LogP contribution in [0.1, 0.15) is 18.4 Å². The molecule has 5 aromatic rings. The van der Waals surface area contributed by atoms with Gasteiger partial charge in [0.2, 0.25) is 0 Å². The van der Waals surface area contributed by atoms with Crippen molar-refractivity contribution in [1.82, 2.24) is 25.1 Å². The third kappa shape index (κ3) is 4.22. The fourth-order valence-electron chi connectivity index (χ4n) is 4.59. The number of rotatable bonds is 6. The van der Waals surface area contributed by atoms with E-state index in [0.29, 0.717) is 6.61 Å². The molecule has 1 aliphatic heterocycles. The number of nitrogens with zero attached hydrogens (tertiary/aromatic N) is 3. The van der Waals surface area contributed by atoms with Crippen LogP contribution >= 0.6 is 0 Å². The number of ether oxygens (including phenoxy) is 2. The second-order valence-electron chi connectivity index (χ2n) is 8.96. The topological polar surface area (TPSA) is 79.1 Å². The lowest BCUT2D eigenvalue weighted by molar-refractivity contribution is 0.104. The lowest BCUT2D eigenvalue weighted by Gasteiger charge is -2.29. The van der Waals surface area contributed by atoms with E-state index in [1.54, 1.807) is 0 Å². The van der Waals surface area contributed by atoms with Gasteiger partial charge in [-0.05, 0) is 62.3 Å². The molecule has 1 unspecified atom stereocenters. The maximum atomic E-state index is 6.26. The van der Waals surface area contributed by atoms with Crippen molar-refractivity contribution in [3.63, 3.8) is 0 Å². The summed E-state index contributed by atoms with van der Waals surface area (Å²) in [6.45, 7) is 2.61. The minimum atomic E-state index is 0.225. The number of piperidine rings is 1. The third-order valence-corrected chi connectivity index (χ3v) is 6.34. The van der Waals surface area contributed by atoms with Gasteiger partial charge in [0, 0.05) is 18.0 Å². The van der Waals surface area contributed by atoms with Crippen molar-refractivity contribution in [2.45, 2.75) is 25.6 Å². The highest BCUT2D eigenvalue weighted by atomic mass is 16.5. The predicted octanol–water partition coefficient (Wildman–Crippen LogP) is 5.16. The summed E-state index contributed by atoms with van der Waals surface area (Å²) in [4.78, 5) is 10.5. The number of hydrogen-bond donors (Lipinski definition) is 2. The zero-order chi connectivity index (χ0) is 22.9. The van der Waals surface area contributed by atoms with Crippen molar-refractivity contribution >= 4 is 21.9 Å². The summed E-state index contributed by atoms with van der Waals surface area (Å²) in [5, 5.41) is 8.60. The SMILES string of the molecule is CN1CCCC(Oc2ccc3nc(-c4n[nH]c5ccc(OCc6ccccc6)cc45)[nH]c3c2)C1. The quantitative estimate of drug-likeness (QED) is 0.371. The molecule has 1 fully saturated rings. The molecule has 0 bridgehead atoms. The Kier molecular flexibility index (Phi) is 5.39. The average Bonchev–Trinajstić information content (AvgIpc) is 3.46. The first kappa shape index (κ1) is 20.7. The summed E-state index contributed by atoms with van der Waals surface area (Å²) in [7, 11) is 2.15. The molecule has 1 aliphatic rings. The number of benzene rings is 3. The van der Waals surface area contributed by atoms with E-state index in [2.05, 4.69) is 39.3 Å². The molecule has 2 N–H and O–H groups in total. The van der Waals surface area contributed by atoms with E-state index in [4.69, 9.17) is 14.5 Å². The van der Waals surface area contributed by atoms with E-state index < -0.39 is 0 Å². The molecule has 34 heavy (non-hydrogen) atoms. The normalized spacial score (nSPS) is 16.8. The first-order valence-electron chi connectivity index (χ1n) is 11.7. The van der Waals surface area contributed by atoms with Crippen LogP contribution in [0.4, 0.5) is 0 Å². The van der Waals surface area contributed by atoms with Crippen LogP contribution in [0, 0.1) is 0 Å². The van der Waals surface area contributed by atoms with E-state index in [1.807, 2.05) is 54.6 Å². The van der Waals surface area contributed by atoms with E-state index in [-0.39, 0.29) is 6.10 Å². The largest absolute Gasteiger partial charge is 0.489 e. The smallest absolute Gasteiger partial charge is 0.159 e. The van der Waals surface area contributed by atoms with Crippen LogP contribution in [0.5, 0.6) is 11.5 Å². The standard InChI is InChI=1S/C27H27N5O2/c1-32-13-5-8-21(16-32)34-20-10-12-24-25(15-20)29-27(28-24)26-22-14-19(9-11-23(22)30-31-26)33-17-18-6-3-2-4-7-18/h2-4,6-7,9-12,14-15,21H,5,8,13,16-17H2,1H3,(H,28,29)(H,30,31). The van der Waals surface area contributed by atoms with Crippen molar-refractivity contribution in [2.75, 3.05) is 20.1 Å². The number of hydrogen-bond acceptors (Lipinski definition) is 5. The van der Waals surface area contributed by atoms with Crippen LogP contribution in [-0.4, -0.2) is 51.3 Å². The molecular weight excluding hydrogens is 426 g/mol. The van der Waals surface area contributed by atoms with Crippen LogP contribution in [0.3, 0.4) is 0 Å². The Labute approximate surface area is 197 Å². The maximum absolute atomic E-state index is 6.26. The zero-order valence-corrected chi connectivity index (χ0v) is 19.1. The summed E-state index contributed by atoms with van der Waals surface area (Å²) >= 11 is 0. The second-order valence-corrected chi connectivity index (χ2v) is 8.96. The molecule has 6 rings (SSSR count). The van der Waals surface area contributed by atoms with Crippen molar-refractivity contribution < 1.29 is 9.47 Å². The molecule has 7 heteroatoms. The second kappa shape index (κ2) is 8.83. The molecule has 0 saturated carbocycles. The van der Waals surface area contributed by atoms with Crippen LogP contribution in [0.25, 0.3) is 33.5 Å². The molecule has 3 aromatic carbocycles. The lowest BCUT2D eigenvalue weighted by atomic mass is 10.1. The molecule has 172 valence electrons. The molecule has 1 atom stereocenters. The molecule has 0 spiro atoms. The fraction of sp³-hybridized carbons (Fsp3) is 0.259. The Balaban J connectivity index is 1.25. The van der Waals surface area contributed by atoms with Gasteiger partial charge < -0.3 is 19.4 Å². The van der Waals surface area contributed by atoms with Crippen molar-refractivity contribution in [3.8, 4) is 23.0 Å². The Morgan fingerprint density at radius 3 is 2.76 bits per heavy atom. The first-order chi connectivity index (χ1) is 16.7. The van der Waals surface area contributed by atoms with Crippen LogP contribution < -0.4 is 9.47 Å². The summed E-state index contributed by atoms with van der Waals surface area (Å²) in [5.74, 6) is 2.38. The number of nitrogens with one attached hydrogen (secondary N) is 2. The third-order valence-electron chi connectivity index (χ3n) is 6.34. The Morgan fingerprint density at radius 2 is 1.88 bits per heavy atom. The monoisotopic (exact) mass is 453 g/mol. The minimum Gasteiger partial charge on any atom is -0.489 e. The van der Waals surface area contributed by atoms with E-state index in [1.165, 1.54) is 6.42 Å². The molecule has 2 aromatic heterocycles. The van der Waals surface area contributed by atoms with Crippen molar-refractivity contribution in [2.24, 2.45) is 0 Å². The number of imidazole rings is 1. The zero-order valence-electron chi connectivity index (χ0n) is 19.1. The molecule has 0 amide bonds. The van der Waals surface area contributed by atoms with Gasteiger partial charge in [0.05, 0.1) is 16.6 Å². The molecule has 7 nitrogen and oxygen atoms in total. The summed E-state index contributed by atoms with van der Waals surface area (Å²) in [6, 6.07) is 22.1. The molecule has 3 heterocycles. The summed E-state index contributed by atoms with van der Waals surface area (Å²) in [5.41, 5.74) is 4.66. The van der Waals surface area contributed by atoms with Gasteiger partial charge in [-0.1, -0.05) is 30.3 Å². The van der Waals surface area contributed by atoms with Gasteiger partial charge in [0.1, 0.15) is 29.9 Å². The Bertz CT molecular complexity index is 1430. The molecular formula is C27H27N5O2. The summed E-state index contributed by atoms with van der Waals surface area (Å²) in [6.07, 6.45) is 2.48. The van der Waals surface area contributed by atoms with E-state index in [9.17, 15) is 0 Å². The van der Waals surface area contributed by atoms with Gasteiger partial charge in [-0.15, -0.1) is 0 Å². The summed E-state index contributed by atoms with van der Waals surface area (Å²) < 4.78 is 12.3. The fourth-order valence-corrected chi connectivity index (χ4v) is 4.59. The van der Waals surface area contributed by atoms with Gasteiger partial charge in [0.15, 0.2) is 5.82 Å². The number of likely N-dealkylation sites (tertiary alicyclic amines) is 1. The van der Waals surface area contributed by atoms with Gasteiger partial charge in [-0.25, -0.2) is 4.98 Å². The van der Waals surface area contributed by atoms with Crippen molar-refractivity contribution in [3.05, 3.63) is 72.3 Å². The Hall–Kier alpha value is -3.84. The number of H-pyrrole nitrogens is 2. The van der Waals surface area contributed by atoms with Gasteiger partial charge >= 0.3 is 0 Å². The lowest BCUT2D eigenvalue weighted by Crippen LogP contribution is -2.38. The van der Waals surface area contributed by atoms with Gasteiger partial charge in [-0.3, -0.25) is 5.10 Å². The van der Waals surface area contributed by atoms with Crippen LogP contribution in [0.15, 0.2) is 66.7 Å². The number of fused-ring (bicyclic) bond motifs is 2. The predicted molar refractivity (Wildman–Crippen MR) is 133 cm³/mol. The highest BCUT2D eigenvalue weighted by molar-refractivity contribution is 5.94. The molecule has 0 radical (unpaired) electrons. The van der Waals surface area contributed by atoms with Gasteiger partial charge in [0.25, 0.3) is 0 Å². The maximum Gasteiger partial charge on any atom is 0.159 e. The number of aromatic amines is 2. The van der Waals surface area contributed by atoms with E-state index >= 15 is 0 Å². The van der Waals surface area contributed by atoms with Crippen LogP contribution in [-0.2, 0) is 6.61 Å². The number of aromatic nitrogens is 4. The van der Waals surface area contributed by atoms with Crippen LogP contribution in [0.2, 0.25) is 0 Å². The van der Waals surface area contributed by atoms with Gasteiger partial charge in [-0.2, -0.15) is 5.10 Å². The first-order valence-corrected chi connectivity index (χ1v) is 11.7. The highest BCUT2D eigenvalue weighted by Crippen LogP contribution is 2.30. The van der Waals surface area contributed by atoms with Crippen molar-refractivity contribution in [1.29, 1.82) is 0 Å².